The Morgan fingerprint density at radius 1 is 1.32 bits per heavy atom. The van der Waals surface area contributed by atoms with Crippen LogP contribution in [0.25, 0.3) is 0 Å². The van der Waals surface area contributed by atoms with E-state index >= 15 is 0 Å². The molecule has 1 aromatic rings. The summed E-state index contributed by atoms with van der Waals surface area (Å²) in [5.41, 5.74) is 0.861. The number of rotatable bonds is 4. The molecule has 0 saturated carbocycles. The maximum atomic E-state index is 12.1. The molecule has 0 radical (unpaired) electrons. The van der Waals surface area contributed by atoms with Crippen LogP contribution in [0.1, 0.15) is 24.3 Å². The zero-order chi connectivity index (χ0) is 13.7. The Kier molecular flexibility index (Phi) is 4.63. The molecule has 0 aliphatic carbocycles. The molecule has 5 nitrogen and oxygen atoms in total. The van der Waals surface area contributed by atoms with Crippen molar-refractivity contribution in [2.24, 2.45) is 5.92 Å². The summed E-state index contributed by atoms with van der Waals surface area (Å²) in [5.74, 6) is -0.589. The minimum Gasteiger partial charge on any atom is -0.381 e. The van der Waals surface area contributed by atoms with Crippen LogP contribution in [0, 0.1) is 16.0 Å². The molecule has 2 atom stereocenters. The molecule has 102 valence electrons. The highest BCUT2D eigenvalue weighted by atomic mass is 16.6. The Bertz CT molecular complexity index is 446. The summed E-state index contributed by atoms with van der Waals surface area (Å²) in [4.78, 5) is 22.7. The van der Waals surface area contributed by atoms with Gasteiger partial charge in [-0.05, 0) is 12.0 Å². The minimum atomic E-state index is -0.356. The summed E-state index contributed by atoms with van der Waals surface area (Å²) < 4.78 is 5.30. The van der Waals surface area contributed by atoms with Gasteiger partial charge in [0.2, 0.25) is 6.54 Å². The van der Waals surface area contributed by atoms with Gasteiger partial charge < -0.3 is 4.74 Å². The number of hydrogen-bond acceptors (Lipinski definition) is 4. The molecule has 0 amide bonds. The fourth-order valence-corrected chi connectivity index (χ4v) is 2.58. The number of benzene rings is 1. The Hall–Kier alpha value is -1.75. The average molecular weight is 263 g/mol. The van der Waals surface area contributed by atoms with Crippen LogP contribution in [0.3, 0.4) is 0 Å². The standard InChI is InChI=1S/C14H17NO4/c16-14-7-9-19-8-6-12(14)13(10-15(17)18)11-4-2-1-3-5-11/h1-5,12-13H,6-10H2/t12-,13-/m1/s1. The van der Waals surface area contributed by atoms with Crippen molar-refractivity contribution < 1.29 is 14.5 Å². The lowest BCUT2D eigenvalue weighted by Crippen LogP contribution is -2.27. The van der Waals surface area contributed by atoms with Crippen LogP contribution < -0.4 is 0 Å². The molecular formula is C14H17NO4. The third-order valence-electron chi connectivity index (χ3n) is 3.54. The van der Waals surface area contributed by atoms with Crippen LogP contribution in [0.15, 0.2) is 30.3 Å². The number of hydrogen-bond donors (Lipinski definition) is 0. The second kappa shape index (κ2) is 6.43. The molecule has 0 bridgehead atoms. The van der Waals surface area contributed by atoms with E-state index in [0.29, 0.717) is 26.1 Å². The summed E-state index contributed by atoms with van der Waals surface area (Å²) in [6.07, 6.45) is 0.915. The van der Waals surface area contributed by atoms with Crippen molar-refractivity contribution in [1.29, 1.82) is 0 Å². The van der Waals surface area contributed by atoms with Crippen molar-refractivity contribution in [3.05, 3.63) is 46.0 Å². The molecule has 0 unspecified atom stereocenters. The number of Topliss-reactive ketones (excluding diaryl/α,β-unsaturated/α-hetero) is 1. The highest BCUT2D eigenvalue weighted by Gasteiger charge is 2.33. The van der Waals surface area contributed by atoms with E-state index in [-0.39, 0.29) is 29.1 Å². The molecule has 0 aromatic heterocycles. The maximum absolute atomic E-state index is 12.1. The summed E-state index contributed by atoms with van der Waals surface area (Å²) in [5, 5.41) is 10.9. The Morgan fingerprint density at radius 2 is 2.05 bits per heavy atom. The van der Waals surface area contributed by atoms with E-state index in [2.05, 4.69) is 0 Å². The molecule has 1 saturated heterocycles. The lowest BCUT2D eigenvalue weighted by atomic mass is 9.81. The van der Waals surface area contributed by atoms with Gasteiger partial charge >= 0.3 is 0 Å². The molecule has 1 heterocycles. The summed E-state index contributed by atoms with van der Waals surface area (Å²) >= 11 is 0. The van der Waals surface area contributed by atoms with Crippen LogP contribution in [0.4, 0.5) is 0 Å². The predicted molar refractivity (Wildman–Crippen MR) is 69.6 cm³/mol. The lowest BCUT2D eigenvalue weighted by Gasteiger charge is -2.21. The SMILES string of the molecule is O=C1CCOCC[C@@H]1[C@H](C[N+](=O)[O-])c1ccccc1. The van der Waals surface area contributed by atoms with Gasteiger partial charge in [-0.2, -0.15) is 0 Å². The Labute approximate surface area is 111 Å². The van der Waals surface area contributed by atoms with Crippen molar-refractivity contribution in [3.63, 3.8) is 0 Å². The molecule has 0 spiro atoms. The number of carbonyl (C=O) groups excluding carboxylic acids is 1. The summed E-state index contributed by atoms with van der Waals surface area (Å²) in [7, 11) is 0. The van der Waals surface area contributed by atoms with E-state index < -0.39 is 0 Å². The highest BCUT2D eigenvalue weighted by molar-refractivity contribution is 5.82. The maximum Gasteiger partial charge on any atom is 0.211 e. The molecule has 2 rings (SSSR count). The fourth-order valence-electron chi connectivity index (χ4n) is 2.58. The zero-order valence-corrected chi connectivity index (χ0v) is 10.7. The van der Waals surface area contributed by atoms with Crippen molar-refractivity contribution in [1.82, 2.24) is 0 Å². The van der Waals surface area contributed by atoms with Gasteiger partial charge in [0.1, 0.15) is 5.78 Å². The molecule has 1 aliphatic heterocycles. The quantitative estimate of drug-likeness (QED) is 0.615. The summed E-state index contributed by atoms with van der Waals surface area (Å²) in [6, 6.07) is 9.27. The van der Waals surface area contributed by atoms with Crippen LogP contribution in [0.5, 0.6) is 0 Å². The zero-order valence-electron chi connectivity index (χ0n) is 10.7. The van der Waals surface area contributed by atoms with Crippen molar-refractivity contribution in [3.8, 4) is 0 Å². The van der Waals surface area contributed by atoms with Gasteiger partial charge in [0, 0.05) is 23.9 Å². The van der Waals surface area contributed by atoms with Crippen LogP contribution >= 0.6 is 0 Å². The molecule has 5 heteroatoms. The monoisotopic (exact) mass is 263 g/mol. The van der Waals surface area contributed by atoms with Gasteiger partial charge in [0.25, 0.3) is 0 Å². The van der Waals surface area contributed by atoms with Gasteiger partial charge in [-0.3, -0.25) is 14.9 Å². The first kappa shape index (κ1) is 13.7. The van der Waals surface area contributed by atoms with Gasteiger partial charge in [0.05, 0.1) is 12.5 Å². The predicted octanol–water partition coefficient (Wildman–Crippen LogP) is 2.04. The number of nitrogens with zero attached hydrogens (tertiary/aromatic N) is 1. The number of nitro groups is 1. The first-order chi connectivity index (χ1) is 9.18. The largest absolute Gasteiger partial charge is 0.381 e. The third kappa shape index (κ3) is 3.61. The van der Waals surface area contributed by atoms with Gasteiger partial charge in [-0.1, -0.05) is 30.3 Å². The van der Waals surface area contributed by atoms with Crippen molar-refractivity contribution in [2.75, 3.05) is 19.8 Å². The van der Waals surface area contributed by atoms with E-state index in [1.54, 1.807) is 0 Å². The van der Waals surface area contributed by atoms with Gasteiger partial charge in [0.15, 0.2) is 0 Å². The van der Waals surface area contributed by atoms with Crippen molar-refractivity contribution in [2.45, 2.75) is 18.8 Å². The van der Waals surface area contributed by atoms with E-state index in [0.717, 1.165) is 5.56 Å². The number of carbonyl (C=O) groups is 1. The van der Waals surface area contributed by atoms with Crippen LogP contribution in [-0.4, -0.2) is 30.5 Å². The fraction of sp³-hybridized carbons (Fsp3) is 0.500. The third-order valence-corrected chi connectivity index (χ3v) is 3.54. The molecule has 1 aliphatic rings. The van der Waals surface area contributed by atoms with Gasteiger partial charge in [-0.25, -0.2) is 0 Å². The first-order valence-electron chi connectivity index (χ1n) is 6.45. The van der Waals surface area contributed by atoms with E-state index in [1.165, 1.54) is 0 Å². The molecule has 19 heavy (non-hydrogen) atoms. The molecular weight excluding hydrogens is 246 g/mol. The van der Waals surface area contributed by atoms with Crippen LogP contribution in [-0.2, 0) is 9.53 Å². The normalized spacial score (nSPS) is 21.7. The average Bonchev–Trinajstić information content (AvgIpc) is 2.62. The lowest BCUT2D eigenvalue weighted by molar-refractivity contribution is -0.484. The van der Waals surface area contributed by atoms with Gasteiger partial charge in [-0.15, -0.1) is 0 Å². The minimum absolute atomic E-state index is 0.0770. The molecule has 1 fully saturated rings. The van der Waals surface area contributed by atoms with E-state index in [9.17, 15) is 14.9 Å². The Balaban J connectivity index is 2.25. The van der Waals surface area contributed by atoms with Crippen LogP contribution in [0.2, 0.25) is 0 Å². The van der Waals surface area contributed by atoms with E-state index in [4.69, 9.17) is 4.74 Å². The topological polar surface area (TPSA) is 69.4 Å². The van der Waals surface area contributed by atoms with E-state index in [1.807, 2.05) is 30.3 Å². The molecule has 0 N–H and O–H groups in total. The van der Waals surface area contributed by atoms with Crippen molar-refractivity contribution >= 4 is 5.78 Å². The number of ketones is 1. The second-order valence-electron chi connectivity index (χ2n) is 4.76. The Morgan fingerprint density at radius 3 is 2.74 bits per heavy atom. The second-order valence-corrected chi connectivity index (χ2v) is 4.76. The highest BCUT2D eigenvalue weighted by Crippen LogP contribution is 2.30. The first-order valence-corrected chi connectivity index (χ1v) is 6.45. The summed E-state index contributed by atoms with van der Waals surface area (Å²) in [6.45, 7) is 0.715. The number of ether oxygens (including phenoxy) is 1. The molecule has 1 aromatic carbocycles. The smallest absolute Gasteiger partial charge is 0.211 e.